The highest BCUT2D eigenvalue weighted by atomic mass is 32.1. The molecule has 0 aliphatic rings. The van der Waals surface area contributed by atoms with E-state index in [1.807, 2.05) is 6.07 Å². The molecule has 0 atom stereocenters. The summed E-state index contributed by atoms with van der Waals surface area (Å²) in [5.41, 5.74) is 2.92. The van der Waals surface area contributed by atoms with Crippen LogP contribution >= 0.6 is 11.3 Å². The molecule has 2 heterocycles. The molecule has 0 N–H and O–H groups in total. The van der Waals surface area contributed by atoms with E-state index < -0.39 is 0 Å². The minimum atomic E-state index is 0.608. The average molecular weight is 214 g/mol. The molecule has 2 nitrogen and oxygen atoms in total. The van der Waals surface area contributed by atoms with Gasteiger partial charge in [0.15, 0.2) is 0 Å². The van der Waals surface area contributed by atoms with Gasteiger partial charge in [-0.1, -0.05) is 0 Å². The number of aromatic nitrogens is 1. The first-order valence-electron chi connectivity index (χ1n) is 4.63. The largest absolute Gasteiger partial charge is 0.263 e. The highest BCUT2D eigenvalue weighted by molar-refractivity contribution is 7.15. The molecule has 15 heavy (non-hydrogen) atoms. The summed E-state index contributed by atoms with van der Waals surface area (Å²) in [7, 11) is 0. The number of aryl methyl sites for hydroxylation is 2. The molecule has 0 saturated carbocycles. The first-order chi connectivity index (χ1) is 7.20. The Hall–Kier alpha value is -1.66. The molecular formula is C12H10N2S. The van der Waals surface area contributed by atoms with Crippen molar-refractivity contribution >= 4 is 11.3 Å². The standard InChI is InChI=1S/C12H10N2S/c1-8-3-12(15-9(8)2)11-4-10(5-13)6-14-7-11/h3-4,6-7H,1-2H3. The van der Waals surface area contributed by atoms with Gasteiger partial charge < -0.3 is 0 Å². The van der Waals surface area contributed by atoms with Crippen LogP contribution in [0.1, 0.15) is 16.0 Å². The summed E-state index contributed by atoms with van der Waals surface area (Å²) < 4.78 is 0. The summed E-state index contributed by atoms with van der Waals surface area (Å²) in [6.45, 7) is 4.20. The van der Waals surface area contributed by atoms with Crippen LogP contribution in [-0.4, -0.2) is 4.98 Å². The predicted octanol–water partition coefficient (Wildman–Crippen LogP) is 3.30. The fourth-order valence-electron chi connectivity index (χ4n) is 1.35. The molecule has 0 spiro atoms. The van der Waals surface area contributed by atoms with Crippen molar-refractivity contribution in [3.63, 3.8) is 0 Å². The average Bonchev–Trinajstić information content (AvgIpc) is 2.59. The van der Waals surface area contributed by atoms with Gasteiger partial charge in [-0.3, -0.25) is 4.98 Å². The van der Waals surface area contributed by atoms with E-state index in [1.165, 1.54) is 15.3 Å². The van der Waals surface area contributed by atoms with Crippen LogP contribution in [0.15, 0.2) is 24.5 Å². The van der Waals surface area contributed by atoms with Crippen molar-refractivity contribution in [3.05, 3.63) is 40.5 Å². The molecule has 0 bridgehead atoms. The molecule has 0 aliphatic carbocycles. The Morgan fingerprint density at radius 1 is 1.27 bits per heavy atom. The van der Waals surface area contributed by atoms with E-state index in [2.05, 4.69) is 31.0 Å². The third kappa shape index (κ3) is 1.90. The van der Waals surface area contributed by atoms with Crippen molar-refractivity contribution in [2.45, 2.75) is 13.8 Å². The third-order valence-corrected chi connectivity index (χ3v) is 3.52. The van der Waals surface area contributed by atoms with E-state index in [0.717, 1.165) is 5.56 Å². The van der Waals surface area contributed by atoms with E-state index in [1.54, 1.807) is 23.7 Å². The summed E-state index contributed by atoms with van der Waals surface area (Å²) in [6, 6.07) is 6.11. The normalized spacial score (nSPS) is 9.93. The molecule has 0 saturated heterocycles. The van der Waals surface area contributed by atoms with Gasteiger partial charge in [-0.25, -0.2) is 0 Å². The van der Waals surface area contributed by atoms with E-state index in [4.69, 9.17) is 5.26 Å². The molecule has 0 amide bonds. The van der Waals surface area contributed by atoms with Gasteiger partial charge in [-0.2, -0.15) is 5.26 Å². The number of pyridine rings is 1. The lowest BCUT2D eigenvalue weighted by Crippen LogP contribution is -1.80. The monoisotopic (exact) mass is 214 g/mol. The van der Waals surface area contributed by atoms with Crippen LogP contribution in [-0.2, 0) is 0 Å². The number of rotatable bonds is 1. The van der Waals surface area contributed by atoms with Gasteiger partial charge in [0.1, 0.15) is 6.07 Å². The van der Waals surface area contributed by atoms with Crippen LogP contribution in [0.2, 0.25) is 0 Å². The van der Waals surface area contributed by atoms with Crippen LogP contribution in [0.3, 0.4) is 0 Å². The summed E-state index contributed by atoms with van der Waals surface area (Å²) in [6.07, 6.45) is 3.38. The van der Waals surface area contributed by atoms with E-state index in [0.29, 0.717) is 5.56 Å². The molecule has 2 aromatic heterocycles. The second kappa shape index (κ2) is 3.84. The summed E-state index contributed by atoms with van der Waals surface area (Å²) in [5, 5.41) is 8.78. The fourth-order valence-corrected chi connectivity index (χ4v) is 2.37. The lowest BCUT2D eigenvalue weighted by Gasteiger charge is -1.95. The Balaban J connectivity index is 2.50. The van der Waals surface area contributed by atoms with Crippen molar-refractivity contribution in [3.8, 4) is 16.5 Å². The summed E-state index contributed by atoms with van der Waals surface area (Å²) in [5.74, 6) is 0. The van der Waals surface area contributed by atoms with Crippen LogP contribution in [0.25, 0.3) is 10.4 Å². The van der Waals surface area contributed by atoms with Gasteiger partial charge in [0.2, 0.25) is 0 Å². The maximum absolute atomic E-state index is 8.78. The number of hydrogen-bond donors (Lipinski definition) is 0. The molecular weight excluding hydrogens is 204 g/mol. The van der Waals surface area contributed by atoms with Crippen LogP contribution in [0.4, 0.5) is 0 Å². The lowest BCUT2D eigenvalue weighted by atomic mass is 10.1. The zero-order valence-electron chi connectivity index (χ0n) is 8.61. The smallest absolute Gasteiger partial charge is 0.101 e. The van der Waals surface area contributed by atoms with E-state index in [-0.39, 0.29) is 0 Å². The second-order valence-electron chi connectivity index (χ2n) is 3.42. The molecule has 0 aliphatic heterocycles. The Bertz CT molecular complexity index is 515. The first-order valence-corrected chi connectivity index (χ1v) is 5.45. The van der Waals surface area contributed by atoms with Crippen molar-refractivity contribution in [2.24, 2.45) is 0 Å². The van der Waals surface area contributed by atoms with Gasteiger partial charge in [-0.15, -0.1) is 11.3 Å². The second-order valence-corrected chi connectivity index (χ2v) is 4.68. The molecule has 0 fully saturated rings. The number of hydrogen-bond acceptors (Lipinski definition) is 3. The Morgan fingerprint density at radius 3 is 2.67 bits per heavy atom. The highest BCUT2D eigenvalue weighted by Crippen LogP contribution is 2.30. The molecule has 0 radical (unpaired) electrons. The zero-order valence-corrected chi connectivity index (χ0v) is 9.43. The zero-order chi connectivity index (χ0) is 10.8. The van der Waals surface area contributed by atoms with Gasteiger partial charge >= 0.3 is 0 Å². The topological polar surface area (TPSA) is 36.7 Å². The lowest BCUT2D eigenvalue weighted by molar-refractivity contribution is 1.31. The van der Waals surface area contributed by atoms with Gasteiger partial charge in [0.25, 0.3) is 0 Å². The SMILES string of the molecule is Cc1cc(-c2cncc(C#N)c2)sc1C. The Kier molecular flexibility index (Phi) is 2.53. The van der Waals surface area contributed by atoms with Gasteiger partial charge in [-0.05, 0) is 31.5 Å². The van der Waals surface area contributed by atoms with Crippen molar-refractivity contribution in [1.82, 2.24) is 4.98 Å². The van der Waals surface area contributed by atoms with Crippen molar-refractivity contribution in [1.29, 1.82) is 5.26 Å². The number of thiophene rings is 1. The van der Waals surface area contributed by atoms with Crippen molar-refractivity contribution < 1.29 is 0 Å². The maximum atomic E-state index is 8.78. The third-order valence-electron chi connectivity index (χ3n) is 2.32. The van der Waals surface area contributed by atoms with Crippen LogP contribution in [0, 0.1) is 25.2 Å². The van der Waals surface area contributed by atoms with Crippen LogP contribution < -0.4 is 0 Å². The maximum Gasteiger partial charge on any atom is 0.101 e. The first kappa shape index (κ1) is 9.88. The molecule has 74 valence electrons. The minimum absolute atomic E-state index is 0.608. The van der Waals surface area contributed by atoms with Gasteiger partial charge in [0, 0.05) is 27.7 Å². The minimum Gasteiger partial charge on any atom is -0.263 e. The predicted molar refractivity (Wildman–Crippen MR) is 61.7 cm³/mol. The van der Waals surface area contributed by atoms with Crippen molar-refractivity contribution in [2.75, 3.05) is 0 Å². The van der Waals surface area contributed by atoms with E-state index >= 15 is 0 Å². The Morgan fingerprint density at radius 2 is 2.07 bits per heavy atom. The molecule has 2 rings (SSSR count). The summed E-state index contributed by atoms with van der Waals surface area (Å²) in [4.78, 5) is 6.54. The number of nitrogens with zero attached hydrogens (tertiary/aromatic N) is 2. The summed E-state index contributed by atoms with van der Waals surface area (Å²) >= 11 is 1.74. The Labute approximate surface area is 92.8 Å². The molecule has 0 aromatic carbocycles. The quantitative estimate of drug-likeness (QED) is 0.730. The number of nitriles is 1. The molecule has 2 aromatic rings. The molecule has 0 unspecified atom stereocenters. The fraction of sp³-hybridized carbons (Fsp3) is 0.167. The van der Waals surface area contributed by atoms with Gasteiger partial charge in [0.05, 0.1) is 5.56 Å². The van der Waals surface area contributed by atoms with Crippen LogP contribution in [0.5, 0.6) is 0 Å². The highest BCUT2D eigenvalue weighted by Gasteiger charge is 2.05. The molecule has 3 heteroatoms. The van der Waals surface area contributed by atoms with E-state index in [9.17, 15) is 0 Å².